The zero-order valence-corrected chi connectivity index (χ0v) is 19.4. The lowest BCUT2D eigenvalue weighted by atomic mass is 10.1. The van der Waals surface area contributed by atoms with Crippen molar-refractivity contribution >= 4 is 35.2 Å². The largest absolute Gasteiger partial charge is 0.507 e. The molecule has 1 aromatic heterocycles. The van der Waals surface area contributed by atoms with Gasteiger partial charge in [-0.05, 0) is 49.1 Å². The molecule has 0 spiro atoms. The van der Waals surface area contributed by atoms with Crippen molar-refractivity contribution in [1.29, 1.82) is 0 Å². The molecule has 8 heteroatoms. The molecule has 0 aliphatic carbocycles. The summed E-state index contributed by atoms with van der Waals surface area (Å²) in [4.78, 5) is 23.8. The number of para-hydroxylation sites is 1. The highest BCUT2D eigenvalue weighted by molar-refractivity contribution is 5.92. The number of phenolic OH excluding ortho intramolecular Hbond substituents is 1. The van der Waals surface area contributed by atoms with Crippen molar-refractivity contribution in [2.75, 3.05) is 24.6 Å². The van der Waals surface area contributed by atoms with Gasteiger partial charge in [-0.1, -0.05) is 32.0 Å². The molecular formula is C24H29ClN4O3. The number of hydrogen-bond acceptors (Lipinski definition) is 6. The SMILES string of the molecule is Cc1ccc2c(N3CCC(NC(=O)OCC(C)C)C3)nc(-c3ccccc3O)nc2c1.Cl. The highest BCUT2D eigenvalue weighted by Crippen LogP contribution is 2.33. The van der Waals surface area contributed by atoms with Crippen molar-refractivity contribution in [3.05, 3.63) is 48.0 Å². The number of nitrogens with one attached hydrogen (secondary N) is 1. The average molecular weight is 457 g/mol. The fraction of sp³-hybridized carbons (Fsp3) is 0.375. The predicted octanol–water partition coefficient (Wildman–Crippen LogP) is 4.69. The molecule has 2 aromatic carbocycles. The topological polar surface area (TPSA) is 87.6 Å². The van der Waals surface area contributed by atoms with Crippen LogP contribution in [-0.2, 0) is 4.74 Å². The summed E-state index contributed by atoms with van der Waals surface area (Å²) in [7, 11) is 0. The lowest BCUT2D eigenvalue weighted by molar-refractivity contribution is 0.130. The van der Waals surface area contributed by atoms with E-state index in [0.29, 0.717) is 30.5 Å². The first-order valence-corrected chi connectivity index (χ1v) is 10.7. The van der Waals surface area contributed by atoms with Crippen molar-refractivity contribution in [2.45, 2.75) is 33.2 Å². The normalized spacial score (nSPS) is 15.6. The number of aryl methyl sites for hydroxylation is 1. The van der Waals surface area contributed by atoms with Crippen molar-refractivity contribution in [3.8, 4) is 17.1 Å². The number of aromatic hydroxyl groups is 1. The van der Waals surface area contributed by atoms with Crippen LogP contribution in [0.1, 0.15) is 25.8 Å². The van der Waals surface area contributed by atoms with E-state index >= 15 is 0 Å². The number of fused-ring (bicyclic) bond motifs is 1. The lowest BCUT2D eigenvalue weighted by Gasteiger charge is -2.21. The molecule has 1 aliphatic rings. The van der Waals surface area contributed by atoms with Gasteiger partial charge in [0.25, 0.3) is 0 Å². The van der Waals surface area contributed by atoms with Crippen LogP contribution < -0.4 is 10.2 Å². The Bertz CT molecular complexity index is 1110. The smallest absolute Gasteiger partial charge is 0.407 e. The Labute approximate surface area is 194 Å². The second-order valence-corrected chi connectivity index (χ2v) is 8.48. The van der Waals surface area contributed by atoms with Gasteiger partial charge in [0, 0.05) is 18.5 Å². The number of benzene rings is 2. The standard InChI is InChI=1S/C24H28N4O3.ClH/c1-15(2)14-31-24(30)25-17-10-11-28(13-17)23-18-9-8-16(3)12-20(18)26-22(27-23)19-6-4-5-7-21(19)29;/h4-9,12,15,17,29H,10-11,13-14H2,1-3H3,(H,25,30);1H. The maximum absolute atomic E-state index is 12.1. The van der Waals surface area contributed by atoms with Crippen LogP contribution in [0.25, 0.3) is 22.3 Å². The third-order valence-corrected chi connectivity index (χ3v) is 5.33. The summed E-state index contributed by atoms with van der Waals surface area (Å²) in [6.07, 6.45) is 0.429. The number of hydrogen-bond donors (Lipinski definition) is 2. The lowest BCUT2D eigenvalue weighted by Crippen LogP contribution is -2.38. The molecule has 0 saturated carbocycles. The zero-order valence-electron chi connectivity index (χ0n) is 18.5. The van der Waals surface area contributed by atoms with Gasteiger partial charge < -0.3 is 20.1 Å². The van der Waals surface area contributed by atoms with Gasteiger partial charge >= 0.3 is 6.09 Å². The average Bonchev–Trinajstić information content (AvgIpc) is 3.19. The van der Waals surface area contributed by atoms with Crippen molar-refractivity contribution < 1.29 is 14.6 Å². The molecule has 4 rings (SSSR count). The van der Waals surface area contributed by atoms with E-state index in [9.17, 15) is 9.90 Å². The number of nitrogens with zero attached hydrogens (tertiary/aromatic N) is 3. The summed E-state index contributed by atoms with van der Waals surface area (Å²) in [5.41, 5.74) is 2.53. The van der Waals surface area contributed by atoms with Gasteiger partial charge in [-0.25, -0.2) is 14.8 Å². The summed E-state index contributed by atoms with van der Waals surface area (Å²) in [6, 6.07) is 13.2. The fourth-order valence-corrected chi connectivity index (χ4v) is 3.77. The minimum Gasteiger partial charge on any atom is -0.507 e. The van der Waals surface area contributed by atoms with Crippen molar-refractivity contribution in [2.24, 2.45) is 5.92 Å². The highest BCUT2D eigenvalue weighted by atomic mass is 35.5. The number of phenols is 1. The summed E-state index contributed by atoms with van der Waals surface area (Å²) in [5.74, 6) is 1.74. The molecule has 170 valence electrons. The second-order valence-electron chi connectivity index (χ2n) is 8.48. The molecule has 1 unspecified atom stereocenters. The number of halogens is 1. The molecule has 3 aromatic rings. The summed E-state index contributed by atoms with van der Waals surface area (Å²) in [5, 5.41) is 14.2. The maximum atomic E-state index is 12.1. The molecule has 7 nitrogen and oxygen atoms in total. The summed E-state index contributed by atoms with van der Waals surface area (Å²) < 4.78 is 5.26. The van der Waals surface area contributed by atoms with Crippen LogP contribution >= 0.6 is 12.4 Å². The molecule has 1 aliphatic heterocycles. The van der Waals surface area contributed by atoms with Gasteiger partial charge in [-0.3, -0.25) is 0 Å². The molecule has 2 N–H and O–H groups in total. The molecule has 1 saturated heterocycles. The highest BCUT2D eigenvalue weighted by Gasteiger charge is 2.27. The van der Waals surface area contributed by atoms with Crippen LogP contribution in [0, 0.1) is 12.8 Å². The van der Waals surface area contributed by atoms with Gasteiger partial charge in [0.15, 0.2) is 5.82 Å². The van der Waals surface area contributed by atoms with Crippen LogP contribution in [0.15, 0.2) is 42.5 Å². The van der Waals surface area contributed by atoms with Gasteiger partial charge in [-0.2, -0.15) is 0 Å². The number of rotatable bonds is 5. The van der Waals surface area contributed by atoms with E-state index in [2.05, 4.69) is 10.2 Å². The third-order valence-electron chi connectivity index (χ3n) is 5.33. The number of carbonyl (C=O) groups excluding carboxylic acids is 1. The number of alkyl carbamates (subject to hydrolysis) is 1. The van der Waals surface area contributed by atoms with Crippen molar-refractivity contribution in [1.82, 2.24) is 15.3 Å². The van der Waals surface area contributed by atoms with Gasteiger partial charge in [0.1, 0.15) is 11.6 Å². The molecule has 1 fully saturated rings. The van der Waals surface area contributed by atoms with Gasteiger partial charge in [0.2, 0.25) is 0 Å². The van der Waals surface area contributed by atoms with E-state index in [4.69, 9.17) is 14.7 Å². The molecule has 0 bridgehead atoms. The minimum atomic E-state index is -0.376. The van der Waals surface area contributed by atoms with E-state index in [1.807, 2.05) is 51.1 Å². The van der Waals surface area contributed by atoms with Crippen LogP contribution in [0.5, 0.6) is 5.75 Å². The first-order chi connectivity index (χ1) is 14.9. The Morgan fingerprint density at radius 1 is 1.25 bits per heavy atom. The number of anilines is 1. The van der Waals surface area contributed by atoms with Gasteiger partial charge in [-0.15, -0.1) is 12.4 Å². The Hall–Kier alpha value is -3.06. The predicted molar refractivity (Wildman–Crippen MR) is 129 cm³/mol. The van der Waals surface area contributed by atoms with Crippen LogP contribution in [0.2, 0.25) is 0 Å². The Morgan fingerprint density at radius 2 is 2.03 bits per heavy atom. The first kappa shape index (κ1) is 23.6. The molecule has 0 radical (unpaired) electrons. The molecule has 32 heavy (non-hydrogen) atoms. The third kappa shape index (κ3) is 5.22. The molecule has 2 heterocycles. The van der Waals surface area contributed by atoms with E-state index in [1.165, 1.54) is 0 Å². The zero-order chi connectivity index (χ0) is 22.0. The number of aromatic nitrogens is 2. The number of ether oxygens (including phenoxy) is 1. The molecular weight excluding hydrogens is 428 g/mol. The van der Waals surface area contributed by atoms with Crippen LogP contribution in [0.3, 0.4) is 0 Å². The number of carbonyl (C=O) groups is 1. The van der Waals surface area contributed by atoms with E-state index in [-0.39, 0.29) is 30.3 Å². The van der Waals surface area contributed by atoms with Gasteiger partial charge in [0.05, 0.1) is 23.7 Å². The van der Waals surface area contributed by atoms with Crippen LogP contribution in [-0.4, -0.2) is 46.9 Å². The maximum Gasteiger partial charge on any atom is 0.407 e. The van der Waals surface area contributed by atoms with E-state index < -0.39 is 0 Å². The number of amides is 1. The van der Waals surface area contributed by atoms with E-state index in [1.54, 1.807) is 12.1 Å². The Kier molecular flexibility index (Phi) is 7.40. The van der Waals surface area contributed by atoms with Crippen molar-refractivity contribution in [3.63, 3.8) is 0 Å². The minimum absolute atomic E-state index is 0. The Balaban J connectivity index is 0.00000289. The van der Waals surface area contributed by atoms with Crippen LogP contribution in [0.4, 0.5) is 10.6 Å². The summed E-state index contributed by atoms with van der Waals surface area (Å²) in [6.45, 7) is 7.84. The fourth-order valence-electron chi connectivity index (χ4n) is 3.77. The molecule has 1 atom stereocenters. The first-order valence-electron chi connectivity index (χ1n) is 10.7. The Morgan fingerprint density at radius 3 is 2.78 bits per heavy atom. The van der Waals surface area contributed by atoms with E-state index in [0.717, 1.165) is 35.2 Å². The summed E-state index contributed by atoms with van der Waals surface area (Å²) >= 11 is 0. The quantitative estimate of drug-likeness (QED) is 0.579. The second kappa shape index (κ2) is 10.0. The molecule has 1 amide bonds. The monoisotopic (exact) mass is 456 g/mol.